The van der Waals surface area contributed by atoms with Crippen LogP contribution in [0.25, 0.3) is 0 Å². The van der Waals surface area contributed by atoms with Gasteiger partial charge in [0.2, 0.25) is 5.82 Å². The highest BCUT2D eigenvalue weighted by molar-refractivity contribution is 7.46. The van der Waals surface area contributed by atoms with E-state index in [1.54, 1.807) is 0 Å². The summed E-state index contributed by atoms with van der Waals surface area (Å²) < 4.78 is 33.5. The molecule has 2 rings (SSSR count). The minimum atomic E-state index is -4.78. The normalized spacial score (nSPS) is 29.0. The van der Waals surface area contributed by atoms with Gasteiger partial charge in [0.05, 0.1) is 12.3 Å². The van der Waals surface area contributed by atoms with Crippen molar-refractivity contribution >= 4 is 13.5 Å². The van der Waals surface area contributed by atoms with E-state index in [1.165, 1.54) is 0 Å². The van der Waals surface area contributed by atoms with Crippen molar-refractivity contribution in [3.8, 4) is 0 Å². The molecule has 12 heteroatoms. The maximum Gasteiger partial charge on any atom is 0.469 e. The number of aliphatic hydroxyl groups is 2. The Morgan fingerprint density at radius 1 is 1.41 bits per heavy atom. The van der Waals surface area contributed by atoms with E-state index < -0.39 is 55.9 Å². The van der Waals surface area contributed by atoms with E-state index in [1.807, 2.05) is 0 Å². The van der Waals surface area contributed by atoms with Crippen molar-refractivity contribution in [3.63, 3.8) is 0 Å². The van der Waals surface area contributed by atoms with Gasteiger partial charge in [-0.15, -0.1) is 0 Å². The number of rotatable bonds is 4. The third-order valence-electron chi connectivity index (χ3n) is 3.18. The lowest BCUT2D eigenvalue weighted by atomic mass is 10.0. The van der Waals surface area contributed by atoms with E-state index in [4.69, 9.17) is 20.3 Å². The molecule has 0 aromatic carbocycles. The predicted molar refractivity (Wildman–Crippen MR) is 69.1 cm³/mol. The Morgan fingerprint density at radius 3 is 2.64 bits per heavy atom. The van der Waals surface area contributed by atoms with Gasteiger partial charge in [-0.05, 0) is 0 Å². The van der Waals surface area contributed by atoms with Crippen molar-refractivity contribution in [1.29, 1.82) is 0 Å². The molecule has 10 nitrogen and oxygen atoms in total. The highest BCUT2D eigenvalue weighted by Crippen LogP contribution is 2.40. The van der Waals surface area contributed by atoms with Gasteiger partial charge in [-0.1, -0.05) is 0 Å². The van der Waals surface area contributed by atoms with Gasteiger partial charge in [0.25, 0.3) is 5.56 Å². The number of pyridine rings is 1. The van der Waals surface area contributed by atoms with E-state index >= 15 is 0 Å². The topological polar surface area (TPSA) is 175 Å². The lowest BCUT2D eigenvalue weighted by Gasteiger charge is -2.16. The first-order chi connectivity index (χ1) is 10.1. The summed E-state index contributed by atoms with van der Waals surface area (Å²) in [5, 5.41) is 19.7. The Balaban J connectivity index is 2.22. The number of anilines is 1. The number of H-pyrrole nitrogens is 1. The predicted octanol–water partition coefficient (Wildman–Crippen LogP) is -1.63. The van der Waals surface area contributed by atoms with Crippen LogP contribution in [0.4, 0.5) is 10.1 Å². The minimum Gasteiger partial charge on any atom is -0.396 e. The van der Waals surface area contributed by atoms with Gasteiger partial charge in [-0.25, -0.2) is 4.57 Å². The van der Waals surface area contributed by atoms with Crippen LogP contribution in [0.2, 0.25) is 0 Å². The summed E-state index contributed by atoms with van der Waals surface area (Å²) in [7, 11) is -4.78. The van der Waals surface area contributed by atoms with Gasteiger partial charge in [0, 0.05) is 11.8 Å². The molecule has 0 aliphatic carbocycles. The molecule has 0 bridgehead atoms. The van der Waals surface area contributed by atoms with Crippen molar-refractivity contribution < 1.29 is 38.2 Å². The van der Waals surface area contributed by atoms with Gasteiger partial charge in [-0.2, -0.15) is 4.39 Å². The summed E-state index contributed by atoms with van der Waals surface area (Å²) >= 11 is 0. The Bertz CT molecular complexity index is 661. The second-order valence-corrected chi connectivity index (χ2v) is 5.90. The third-order valence-corrected chi connectivity index (χ3v) is 3.67. The molecule has 22 heavy (non-hydrogen) atoms. The number of ether oxygens (including phenoxy) is 1. The van der Waals surface area contributed by atoms with Crippen LogP contribution in [0.1, 0.15) is 11.7 Å². The van der Waals surface area contributed by atoms with Gasteiger partial charge >= 0.3 is 7.82 Å². The van der Waals surface area contributed by atoms with Crippen molar-refractivity contribution in [3.05, 3.63) is 27.9 Å². The lowest BCUT2D eigenvalue weighted by Crippen LogP contribution is -2.33. The standard InChI is InChI=1S/C10H14FN2O8P/c11-5-6(12)3(1-13-10(5)16)9-8(15)7(14)4(21-9)2-20-22(17,18)19/h1,4,7-9,14-15H,2H2,(H3,12,13,16)(H2,17,18,19)/t4-,7-,8-,9+/m1/s1. The minimum absolute atomic E-state index is 0.109. The van der Waals surface area contributed by atoms with Crippen molar-refractivity contribution in [1.82, 2.24) is 4.98 Å². The quantitative estimate of drug-likeness (QED) is 0.351. The molecule has 124 valence electrons. The molecule has 0 saturated carbocycles. The van der Waals surface area contributed by atoms with Crippen molar-refractivity contribution in [2.24, 2.45) is 0 Å². The number of aliphatic hydroxyl groups excluding tert-OH is 2. The summed E-state index contributed by atoms with van der Waals surface area (Å²) in [5.41, 5.74) is 3.71. The lowest BCUT2D eigenvalue weighted by molar-refractivity contribution is -0.0223. The highest BCUT2D eigenvalue weighted by atomic mass is 31.2. The fraction of sp³-hybridized carbons (Fsp3) is 0.500. The van der Waals surface area contributed by atoms with Crippen LogP contribution in [-0.4, -0.2) is 49.9 Å². The van der Waals surface area contributed by atoms with Crippen LogP contribution in [0.3, 0.4) is 0 Å². The summed E-state index contributed by atoms with van der Waals surface area (Å²) in [6, 6.07) is 0. The first-order valence-electron chi connectivity index (χ1n) is 6.00. The Kier molecular flexibility index (Phi) is 4.68. The Labute approximate surface area is 122 Å². The monoisotopic (exact) mass is 340 g/mol. The molecule has 4 atom stereocenters. The Hall–Kier alpha value is -1.33. The molecule has 2 heterocycles. The first kappa shape index (κ1) is 17.0. The molecule has 1 aromatic heterocycles. The van der Waals surface area contributed by atoms with Crippen LogP contribution in [0.5, 0.6) is 0 Å². The summed E-state index contributed by atoms with van der Waals surface area (Å²) in [5.74, 6) is -1.27. The van der Waals surface area contributed by atoms with Gasteiger partial charge in [0.15, 0.2) is 0 Å². The van der Waals surface area contributed by atoms with Crippen LogP contribution in [-0.2, 0) is 13.8 Å². The van der Waals surface area contributed by atoms with Gasteiger partial charge in [0.1, 0.15) is 24.4 Å². The zero-order chi connectivity index (χ0) is 16.7. The molecular formula is C10H14FN2O8P. The van der Waals surface area contributed by atoms with Crippen LogP contribution < -0.4 is 11.3 Å². The van der Waals surface area contributed by atoms with Crippen molar-refractivity contribution in [2.45, 2.75) is 24.4 Å². The van der Waals surface area contributed by atoms with Crippen LogP contribution in [0, 0.1) is 5.82 Å². The molecule has 1 saturated heterocycles. The number of phosphoric acid groups is 1. The largest absolute Gasteiger partial charge is 0.469 e. The van der Waals surface area contributed by atoms with E-state index in [9.17, 15) is 24.0 Å². The maximum absolute atomic E-state index is 13.5. The first-order valence-corrected chi connectivity index (χ1v) is 7.53. The zero-order valence-electron chi connectivity index (χ0n) is 10.9. The van der Waals surface area contributed by atoms with Crippen LogP contribution in [0.15, 0.2) is 11.0 Å². The molecule has 1 aliphatic rings. The number of phosphoric ester groups is 1. The molecule has 0 unspecified atom stereocenters. The van der Waals surface area contributed by atoms with Crippen LogP contribution >= 0.6 is 7.82 Å². The van der Waals surface area contributed by atoms with Crippen molar-refractivity contribution in [2.75, 3.05) is 12.3 Å². The summed E-state index contributed by atoms with van der Waals surface area (Å²) in [6.45, 7) is -0.704. The smallest absolute Gasteiger partial charge is 0.396 e. The number of nitrogens with two attached hydrogens (primary N) is 1. The molecule has 0 spiro atoms. The Morgan fingerprint density at radius 2 is 2.05 bits per heavy atom. The second kappa shape index (κ2) is 6.05. The molecule has 0 amide bonds. The summed E-state index contributed by atoms with van der Waals surface area (Å²) in [6.07, 6.45) is -4.66. The number of nitrogens with one attached hydrogen (secondary N) is 1. The number of aromatic amines is 1. The number of hydrogen-bond donors (Lipinski definition) is 6. The molecule has 1 aromatic rings. The van der Waals surface area contributed by atoms with Gasteiger partial charge in [-0.3, -0.25) is 9.32 Å². The number of aromatic nitrogens is 1. The average Bonchev–Trinajstić information content (AvgIpc) is 2.70. The second-order valence-electron chi connectivity index (χ2n) is 4.66. The fourth-order valence-electron chi connectivity index (χ4n) is 2.08. The van der Waals surface area contributed by atoms with E-state index in [0.717, 1.165) is 6.20 Å². The third kappa shape index (κ3) is 3.36. The van der Waals surface area contributed by atoms with E-state index in [-0.39, 0.29) is 5.56 Å². The fourth-order valence-corrected chi connectivity index (χ4v) is 2.42. The maximum atomic E-state index is 13.5. The number of halogens is 1. The number of nitrogen functional groups attached to an aromatic ring is 1. The van der Waals surface area contributed by atoms with E-state index in [0.29, 0.717) is 0 Å². The molecule has 1 aliphatic heterocycles. The summed E-state index contributed by atoms with van der Waals surface area (Å²) in [4.78, 5) is 30.3. The molecule has 1 fully saturated rings. The zero-order valence-corrected chi connectivity index (χ0v) is 11.8. The number of hydrogen-bond acceptors (Lipinski definition) is 7. The molecule has 0 radical (unpaired) electrons. The average molecular weight is 340 g/mol. The molecular weight excluding hydrogens is 326 g/mol. The van der Waals surface area contributed by atoms with E-state index in [2.05, 4.69) is 9.51 Å². The molecule has 7 N–H and O–H groups in total. The SMILES string of the molecule is Nc1c([C@@H]2O[C@H](COP(=O)(O)O)[C@@H](O)[C@H]2O)c[nH]c(=O)c1F. The van der Waals surface area contributed by atoms with Gasteiger partial charge < -0.3 is 35.5 Å². The highest BCUT2D eigenvalue weighted by Gasteiger charge is 2.45.